The molecule has 0 radical (unpaired) electrons. The molecule has 1 unspecified atom stereocenters. The van der Waals surface area contributed by atoms with Gasteiger partial charge < -0.3 is 9.47 Å². The molecule has 1 atom stereocenters. The Hall–Kier alpha value is -1.64. The van der Waals surface area contributed by atoms with Gasteiger partial charge in [-0.05, 0) is 22.5 Å². The lowest BCUT2D eigenvalue weighted by atomic mass is 9.59. The summed E-state index contributed by atoms with van der Waals surface area (Å²) in [6, 6.07) is 20.9. The van der Waals surface area contributed by atoms with E-state index < -0.39 is 0 Å². The average Bonchev–Trinajstić information content (AvgIpc) is 2.62. The summed E-state index contributed by atoms with van der Waals surface area (Å²) in [5.41, 5.74) is 2.42. The quantitative estimate of drug-likeness (QED) is 0.394. The van der Waals surface area contributed by atoms with E-state index >= 15 is 0 Å². The van der Waals surface area contributed by atoms with Gasteiger partial charge in [-0.2, -0.15) is 0 Å². The van der Waals surface area contributed by atoms with Gasteiger partial charge in [-0.25, -0.2) is 0 Å². The first kappa shape index (κ1) is 20.7. The minimum atomic E-state index is -0.0569. The third kappa shape index (κ3) is 4.75. The Morgan fingerprint density at radius 1 is 0.808 bits per heavy atom. The second-order valence-electron chi connectivity index (χ2n) is 8.50. The maximum absolute atomic E-state index is 6.28. The molecule has 2 nitrogen and oxygen atoms in total. The van der Waals surface area contributed by atoms with E-state index in [4.69, 9.17) is 9.47 Å². The smallest absolute Gasteiger partial charge is 0.147 e. The Balaban J connectivity index is 2.04. The van der Waals surface area contributed by atoms with Gasteiger partial charge in [0, 0.05) is 5.41 Å². The van der Waals surface area contributed by atoms with Crippen LogP contribution in [0.15, 0.2) is 60.7 Å². The number of ether oxygens (including phenoxy) is 2. The fourth-order valence-electron chi connectivity index (χ4n) is 3.67. The van der Waals surface area contributed by atoms with Crippen molar-refractivity contribution in [2.45, 2.75) is 59.7 Å². The largest absolute Gasteiger partial charge is 0.351 e. The SMILES string of the molecule is CC(C)C(OCOCc1ccccc1)C(C)(C)C(C)(C)c1ccccc1. The first-order valence-corrected chi connectivity index (χ1v) is 9.55. The first-order valence-electron chi connectivity index (χ1n) is 9.55. The van der Waals surface area contributed by atoms with E-state index in [0.29, 0.717) is 19.3 Å². The van der Waals surface area contributed by atoms with E-state index in [-0.39, 0.29) is 16.9 Å². The predicted molar refractivity (Wildman–Crippen MR) is 109 cm³/mol. The summed E-state index contributed by atoms with van der Waals surface area (Å²) in [5, 5.41) is 0. The molecule has 2 aromatic rings. The fourth-order valence-corrected chi connectivity index (χ4v) is 3.67. The van der Waals surface area contributed by atoms with Crippen LogP contribution in [0.2, 0.25) is 0 Å². The lowest BCUT2D eigenvalue weighted by Gasteiger charge is -2.48. The zero-order valence-corrected chi connectivity index (χ0v) is 17.2. The third-order valence-corrected chi connectivity index (χ3v) is 5.87. The first-order chi connectivity index (χ1) is 12.3. The topological polar surface area (TPSA) is 18.5 Å². The molecule has 26 heavy (non-hydrogen) atoms. The average molecular weight is 355 g/mol. The maximum Gasteiger partial charge on any atom is 0.147 e. The highest BCUT2D eigenvalue weighted by Gasteiger charge is 2.45. The molecule has 2 rings (SSSR count). The van der Waals surface area contributed by atoms with Gasteiger partial charge in [0.25, 0.3) is 0 Å². The van der Waals surface area contributed by atoms with Crippen LogP contribution in [0.5, 0.6) is 0 Å². The molecule has 0 aliphatic rings. The van der Waals surface area contributed by atoms with Crippen molar-refractivity contribution in [3.8, 4) is 0 Å². The van der Waals surface area contributed by atoms with E-state index in [1.807, 2.05) is 18.2 Å². The molecule has 0 bridgehead atoms. The molecular weight excluding hydrogens is 320 g/mol. The van der Waals surface area contributed by atoms with Crippen molar-refractivity contribution in [3.05, 3.63) is 71.8 Å². The van der Waals surface area contributed by atoms with Gasteiger partial charge in [0.15, 0.2) is 0 Å². The van der Waals surface area contributed by atoms with Gasteiger partial charge in [0.2, 0.25) is 0 Å². The molecule has 0 saturated heterocycles. The van der Waals surface area contributed by atoms with Crippen LogP contribution in [0, 0.1) is 11.3 Å². The van der Waals surface area contributed by atoms with Gasteiger partial charge in [0.1, 0.15) is 6.79 Å². The van der Waals surface area contributed by atoms with Crippen molar-refractivity contribution < 1.29 is 9.47 Å². The maximum atomic E-state index is 6.28. The third-order valence-electron chi connectivity index (χ3n) is 5.87. The summed E-state index contributed by atoms with van der Waals surface area (Å²) >= 11 is 0. The summed E-state index contributed by atoms with van der Waals surface area (Å²) in [4.78, 5) is 0. The van der Waals surface area contributed by atoms with Gasteiger partial charge in [0.05, 0.1) is 12.7 Å². The minimum absolute atomic E-state index is 0.0252. The van der Waals surface area contributed by atoms with Crippen LogP contribution >= 0.6 is 0 Å². The van der Waals surface area contributed by atoms with Crippen molar-refractivity contribution >= 4 is 0 Å². The van der Waals surface area contributed by atoms with Crippen LogP contribution in [0.25, 0.3) is 0 Å². The molecule has 0 aliphatic heterocycles. The standard InChI is InChI=1S/C24H34O2/c1-19(2)22(26-18-25-17-20-13-9-7-10-14-20)24(5,6)23(3,4)21-15-11-8-12-16-21/h7-16,19,22H,17-18H2,1-6H3. The van der Waals surface area contributed by atoms with Crippen molar-refractivity contribution in [1.29, 1.82) is 0 Å². The van der Waals surface area contributed by atoms with Crippen LogP contribution in [-0.4, -0.2) is 12.9 Å². The molecule has 0 aliphatic carbocycles. The molecule has 2 heteroatoms. The summed E-state index contributed by atoms with van der Waals surface area (Å²) < 4.78 is 12.1. The van der Waals surface area contributed by atoms with Crippen molar-refractivity contribution in [2.24, 2.45) is 11.3 Å². The Bertz CT molecular complexity index is 644. The highest BCUT2D eigenvalue weighted by atomic mass is 16.7. The summed E-state index contributed by atoms with van der Waals surface area (Å²) in [6.45, 7) is 14.6. The Morgan fingerprint density at radius 2 is 1.35 bits per heavy atom. The molecular formula is C24H34O2. The van der Waals surface area contributed by atoms with Crippen LogP contribution in [-0.2, 0) is 21.5 Å². The van der Waals surface area contributed by atoms with Crippen molar-refractivity contribution in [3.63, 3.8) is 0 Å². The predicted octanol–water partition coefficient (Wildman–Crippen LogP) is 6.21. The van der Waals surface area contributed by atoms with E-state index in [0.717, 1.165) is 0 Å². The van der Waals surface area contributed by atoms with Gasteiger partial charge in [-0.3, -0.25) is 0 Å². The molecule has 0 aromatic heterocycles. The Morgan fingerprint density at radius 3 is 1.88 bits per heavy atom. The summed E-state index contributed by atoms with van der Waals surface area (Å²) in [7, 11) is 0. The zero-order chi connectivity index (χ0) is 19.2. The molecule has 0 saturated carbocycles. The number of hydrogen-bond acceptors (Lipinski definition) is 2. The van der Waals surface area contributed by atoms with Crippen LogP contribution < -0.4 is 0 Å². The molecule has 142 valence electrons. The van der Waals surface area contributed by atoms with Crippen molar-refractivity contribution in [2.75, 3.05) is 6.79 Å². The molecule has 0 N–H and O–H groups in total. The van der Waals surface area contributed by atoms with Gasteiger partial charge in [-0.15, -0.1) is 0 Å². The molecule has 0 amide bonds. The fraction of sp³-hybridized carbons (Fsp3) is 0.500. The molecule has 0 spiro atoms. The normalized spacial score (nSPS) is 13.8. The second kappa shape index (κ2) is 8.83. The van der Waals surface area contributed by atoms with Gasteiger partial charge >= 0.3 is 0 Å². The second-order valence-corrected chi connectivity index (χ2v) is 8.50. The van der Waals surface area contributed by atoms with Crippen LogP contribution in [0.1, 0.15) is 52.7 Å². The van der Waals surface area contributed by atoms with E-state index in [1.54, 1.807) is 0 Å². The lowest BCUT2D eigenvalue weighted by molar-refractivity contribution is -0.157. The number of hydrogen-bond donors (Lipinski definition) is 0. The summed E-state index contributed by atoms with van der Waals surface area (Å²) in [5.74, 6) is 0.397. The monoisotopic (exact) mass is 354 g/mol. The van der Waals surface area contributed by atoms with E-state index in [2.05, 4.69) is 84.0 Å². The molecule has 0 heterocycles. The highest BCUT2D eigenvalue weighted by molar-refractivity contribution is 5.27. The zero-order valence-electron chi connectivity index (χ0n) is 17.2. The molecule has 0 fully saturated rings. The minimum Gasteiger partial charge on any atom is -0.351 e. The number of rotatable bonds is 9. The molecule has 2 aromatic carbocycles. The highest BCUT2D eigenvalue weighted by Crippen LogP contribution is 2.46. The van der Waals surface area contributed by atoms with Gasteiger partial charge in [-0.1, -0.05) is 102 Å². The number of benzene rings is 2. The van der Waals surface area contributed by atoms with Crippen LogP contribution in [0.3, 0.4) is 0 Å². The lowest BCUT2D eigenvalue weighted by Crippen LogP contribution is -2.49. The summed E-state index contributed by atoms with van der Waals surface area (Å²) in [6.07, 6.45) is 0.0912. The van der Waals surface area contributed by atoms with E-state index in [9.17, 15) is 0 Å². The van der Waals surface area contributed by atoms with E-state index in [1.165, 1.54) is 11.1 Å². The van der Waals surface area contributed by atoms with Crippen LogP contribution in [0.4, 0.5) is 0 Å². The van der Waals surface area contributed by atoms with Crippen molar-refractivity contribution in [1.82, 2.24) is 0 Å². The Kier molecular flexibility index (Phi) is 7.02. The Labute approximate surface area is 159 Å².